The van der Waals surface area contributed by atoms with Gasteiger partial charge in [-0.05, 0) is 128 Å². The first-order valence-corrected chi connectivity index (χ1v) is 13.9. The lowest BCUT2D eigenvalue weighted by atomic mass is 9.29. The molecule has 166 valence electrons. The van der Waals surface area contributed by atoms with E-state index in [1.807, 2.05) is 0 Å². The molecule has 8 saturated carbocycles. The van der Waals surface area contributed by atoms with Crippen molar-refractivity contribution in [3.63, 3.8) is 0 Å². The van der Waals surface area contributed by atoms with Crippen molar-refractivity contribution in [3.05, 3.63) is 71.8 Å². The first-order chi connectivity index (χ1) is 15.8. The van der Waals surface area contributed by atoms with Gasteiger partial charge in [0.25, 0.3) is 0 Å². The molecule has 0 radical (unpaired) electrons. The molecular formula is C32H38. The molecule has 8 aliphatic carbocycles. The van der Waals surface area contributed by atoms with Crippen LogP contribution in [0.2, 0.25) is 0 Å². The van der Waals surface area contributed by atoms with Gasteiger partial charge in [0.2, 0.25) is 0 Å². The number of hydrogen-bond acceptors (Lipinski definition) is 0. The maximum atomic E-state index is 2.59. The van der Waals surface area contributed by atoms with Crippen molar-refractivity contribution in [1.29, 1.82) is 0 Å². The van der Waals surface area contributed by atoms with E-state index in [0.29, 0.717) is 10.8 Å². The van der Waals surface area contributed by atoms with Gasteiger partial charge in [0.1, 0.15) is 0 Å². The lowest BCUT2D eigenvalue weighted by Crippen LogP contribution is -2.69. The molecule has 0 spiro atoms. The Hall–Kier alpha value is -1.56. The van der Waals surface area contributed by atoms with Gasteiger partial charge in [-0.25, -0.2) is 0 Å². The van der Waals surface area contributed by atoms with Gasteiger partial charge in [0.15, 0.2) is 0 Å². The van der Waals surface area contributed by atoms with Gasteiger partial charge < -0.3 is 0 Å². The van der Waals surface area contributed by atoms with Crippen LogP contribution in [0.3, 0.4) is 0 Å². The highest BCUT2D eigenvalue weighted by atomic mass is 14.8. The highest BCUT2D eigenvalue weighted by Crippen LogP contribution is 2.78. The summed E-state index contributed by atoms with van der Waals surface area (Å²) in [6.07, 6.45) is 15.3. The molecule has 0 nitrogen and oxygen atoms in total. The molecule has 2 aromatic carbocycles. The van der Waals surface area contributed by atoms with E-state index < -0.39 is 0 Å². The highest BCUT2D eigenvalue weighted by Gasteiger charge is 2.72. The number of rotatable bonds is 3. The van der Waals surface area contributed by atoms with Crippen molar-refractivity contribution in [3.8, 4) is 0 Å². The largest absolute Gasteiger partial charge is 0.0622 e. The van der Waals surface area contributed by atoms with Crippen molar-refractivity contribution >= 4 is 0 Å². The predicted octanol–water partition coefficient (Wildman–Crippen LogP) is 7.99. The topological polar surface area (TPSA) is 0 Å². The summed E-state index contributed by atoms with van der Waals surface area (Å²) in [6, 6.07) is 24.1. The lowest BCUT2D eigenvalue weighted by molar-refractivity contribution is -0.201. The van der Waals surface area contributed by atoms with E-state index in [0.717, 1.165) is 47.3 Å². The molecule has 0 heterocycles. The summed E-state index contributed by atoms with van der Waals surface area (Å²) in [4.78, 5) is 0. The zero-order valence-corrected chi connectivity index (χ0v) is 19.5. The van der Waals surface area contributed by atoms with E-state index in [9.17, 15) is 0 Å². The first-order valence-electron chi connectivity index (χ1n) is 13.9. The second-order valence-corrected chi connectivity index (χ2v) is 13.2. The quantitative estimate of drug-likeness (QED) is 0.470. The van der Waals surface area contributed by atoms with Crippen molar-refractivity contribution < 1.29 is 0 Å². The molecule has 32 heavy (non-hydrogen) atoms. The van der Waals surface area contributed by atoms with E-state index in [1.54, 1.807) is 24.0 Å². The van der Waals surface area contributed by atoms with Gasteiger partial charge in [-0.2, -0.15) is 0 Å². The number of benzene rings is 2. The SMILES string of the molecule is c1ccc(C2C3C[C@@H]4C[C@H](C3)CC2(C2(c3ccccc3)C3CC5CC(C3)CC2C5)C4)cc1. The fraction of sp³-hybridized carbons (Fsp3) is 0.625. The van der Waals surface area contributed by atoms with Crippen molar-refractivity contribution in [2.45, 2.75) is 75.5 Å². The third kappa shape index (κ3) is 2.26. The van der Waals surface area contributed by atoms with E-state index in [-0.39, 0.29) is 0 Å². The van der Waals surface area contributed by atoms with Crippen molar-refractivity contribution in [2.75, 3.05) is 0 Å². The molecule has 2 aromatic rings. The summed E-state index contributed by atoms with van der Waals surface area (Å²) in [6.45, 7) is 0. The van der Waals surface area contributed by atoms with Gasteiger partial charge in [-0.15, -0.1) is 0 Å². The second-order valence-electron chi connectivity index (χ2n) is 13.2. The Morgan fingerprint density at radius 2 is 1.06 bits per heavy atom. The third-order valence-corrected chi connectivity index (χ3v) is 12.0. The van der Waals surface area contributed by atoms with Crippen LogP contribution >= 0.6 is 0 Å². The average Bonchev–Trinajstić information content (AvgIpc) is 2.79. The summed E-state index contributed by atoms with van der Waals surface area (Å²) in [5.41, 5.74) is 4.38. The molecule has 8 fully saturated rings. The van der Waals surface area contributed by atoms with Crippen LogP contribution in [0.5, 0.6) is 0 Å². The minimum Gasteiger partial charge on any atom is -0.0622 e. The van der Waals surface area contributed by atoms with Crippen LogP contribution < -0.4 is 0 Å². The maximum absolute atomic E-state index is 2.59. The monoisotopic (exact) mass is 422 g/mol. The van der Waals surface area contributed by atoms with Crippen molar-refractivity contribution in [1.82, 2.24) is 0 Å². The molecular weight excluding hydrogens is 384 g/mol. The molecule has 0 saturated heterocycles. The molecule has 0 amide bonds. The smallest absolute Gasteiger partial charge is 0.00723 e. The number of hydrogen-bond donors (Lipinski definition) is 0. The summed E-state index contributed by atoms with van der Waals surface area (Å²) < 4.78 is 0. The molecule has 8 aliphatic rings. The molecule has 8 bridgehead atoms. The summed E-state index contributed by atoms with van der Waals surface area (Å²) in [7, 11) is 0. The van der Waals surface area contributed by atoms with Crippen LogP contribution in [-0.4, -0.2) is 0 Å². The molecule has 10 rings (SSSR count). The zero-order valence-electron chi connectivity index (χ0n) is 19.5. The lowest BCUT2D eigenvalue weighted by Gasteiger charge is -2.75. The van der Waals surface area contributed by atoms with Crippen LogP contribution in [0.4, 0.5) is 0 Å². The Kier molecular flexibility index (Phi) is 3.83. The zero-order chi connectivity index (χ0) is 20.9. The van der Waals surface area contributed by atoms with Gasteiger partial charge >= 0.3 is 0 Å². The van der Waals surface area contributed by atoms with Gasteiger partial charge in [-0.3, -0.25) is 0 Å². The van der Waals surface area contributed by atoms with Crippen LogP contribution in [0.1, 0.15) is 81.3 Å². The van der Waals surface area contributed by atoms with Gasteiger partial charge in [0.05, 0.1) is 0 Å². The molecule has 5 atom stereocenters. The van der Waals surface area contributed by atoms with Crippen LogP contribution in [0, 0.1) is 46.8 Å². The molecule has 0 N–H and O–H groups in total. The molecule has 0 aromatic heterocycles. The maximum Gasteiger partial charge on any atom is 0.00723 e. The molecule has 0 aliphatic heterocycles. The third-order valence-electron chi connectivity index (χ3n) is 12.0. The van der Waals surface area contributed by atoms with Crippen molar-refractivity contribution in [2.24, 2.45) is 46.8 Å². The Morgan fingerprint density at radius 3 is 1.66 bits per heavy atom. The summed E-state index contributed by atoms with van der Waals surface area (Å²) in [5.74, 6) is 7.68. The summed E-state index contributed by atoms with van der Waals surface area (Å²) >= 11 is 0. The fourth-order valence-electron chi connectivity index (χ4n) is 12.1. The van der Waals surface area contributed by atoms with E-state index in [2.05, 4.69) is 60.7 Å². The standard InChI is InChI=1S/C32H38/c1-3-7-25(8-4-1)30-26-13-23-12-24(14-26)20-31(30,19-23)32(27-9-5-2-6-10-27)28-15-21-11-22(17-28)18-29(32)16-21/h1-10,21-24,26,28-30H,11-20H2/t21?,22?,23-,24+,26?,28?,29?,30?,31?,32?. The Labute approximate surface area is 194 Å². The minimum absolute atomic E-state index is 0.429. The average molecular weight is 423 g/mol. The Balaban J connectivity index is 1.40. The second kappa shape index (κ2) is 6.52. The van der Waals surface area contributed by atoms with Crippen LogP contribution in [0.15, 0.2) is 60.7 Å². The predicted molar refractivity (Wildman–Crippen MR) is 130 cm³/mol. The Morgan fingerprint density at radius 1 is 0.531 bits per heavy atom. The Bertz CT molecular complexity index is 961. The first kappa shape index (κ1) is 18.8. The highest BCUT2D eigenvalue weighted by molar-refractivity contribution is 5.41. The molecule has 0 heteroatoms. The van der Waals surface area contributed by atoms with E-state index in [4.69, 9.17) is 0 Å². The van der Waals surface area contributed by atoms with E-state index >= 15 is 0 Å². The van der Waals surface area contributed by atoms with Crippen LogP contribution in [-0.2, 0) is 5.41 Å². The van der Waals surface area contributed by atoms with Crippen LogP contribution in [0.25, 0.3) is 0 Å². The van der Waals surface area contributed by atoms with Gasteiger partial charge in [0, 0.05) is 5.41 Å². The summed E-state index contributed by atoms with van der Waals surface area (Å²) in [5, 5.41) is 0. The van der Waals surface area contributed by atoms with E-state index in [1.165, 1.54) is 51.4 Å². The van der Waals surface area contributed by atoms with Gasteiger partial charge in [-0.1, -0.05) is 60.7 Å². The fourth-order valence-corrected chi connectivity index (χ4v) is 12.1. The normalized spacial score (nSPS) is 50.1. The minimum atomic E-state index is 0.429. The molecule has 3 unspecified atom stereocenters.